The van der Waals surface area contributed by atoms with Gasteiger partial charge in [-0.3, -0.25) is 9.89 Å². The number of aromatic amines is 1. The first-order valence-corrected chi connectivity index (χ1v) is 8.31. The minimum Gasteiger partial charge on any atom is -0.357 e. The van der Waals surface area contributed by atoms with Crippen molar-refractivity contribution in [2.75, 3.05) is 31.1 Å². The van der Waals surface area contributed by atoms with Gasteiger partial charge in [0.25, 0.3) is 5.91 Å². The van der Waals surface area contributed by atoms with E-state index in [1.807, 2.05) is 23.1 Å². The third-order valence-corrected chi connectivity index (χ3v) is 4.86. The summed E-state index contributed by atoms with van der Waals surface area (Å²) in [5.41, 5.74) is 1.86. The monoisotopic (exact) mass is 311 g/mol. The fourth-order valence-corrected chi connectivity index (χ4v) is 3.55. The topological polar surface area (TPSA) is 65.1 Å². The van der Waals surface area contributed by atoms with E-state index in [1.165, 1.54) is 12.8 Å². The third kappa shape index (κ3) is 2.81. The van der Waals surface area contributed by atoms with Crippen LogP contribution >= 0.6 is 0 Å². The van der Waals surface area contributed by atoms with Gasteiger partial charge in [0.05, 0.1) is 0 Å². The summed E-state index contributed by atoms with van der Waals surface area (Å²) in [5.74, 6) is 1.40. The first-order chi connectivity index (χ1) is 11.3. The van der Waals surface area contributed by atoms with Crippen LogP contribution in [-0.4, -0.2) is 52.2 Å². The zero-order valence-electron chi connectivity index (χ0n) is 13.1. The molecule has 6 heteroatoms. The standard InChI is InChI=1S/C17H21N5O/c23-17(22-10-5-14(12-22)15-4-7-19-20-15)13-3-6-18-16(11-13)21-8-1-2-9-21/h3-4,6-7,11,14H,1-2,5,8-10,12H2,(H,19,20)/t14-/m1/s1. The van der Waals surface area contributed by atoms with Crippen LogP contribution in [0.15, 0.2) is 30.6 Å². The lowest BCUT2D eigenvalue weighted by Gasteiger charge is -2.19. The summed E-state index contributed by atoms with van der Waals surface area (Å²) in [6.07, 6.45) is 6.92. The first-order valence-electron chi connectivity index (χ1n) is 8.31. The molecule has 0 bridgehead atoms. The quantitative estimate of drug-likeness (QED) is 0.942. The lowest BCUT2D eigenvalue weighted by Crippen LogP contribution is -2.29. The second kappa shape index (κ2) is 6.02. The van der Waals surface area contributed by atoms with E-state index in [4.69, 9.17) is 0 Å². The molecule has 4 rings (SSSR count). The van der Waals surface area contributed by atoms with E-state index in [2.05, 4.69) is 20.1 Å². The largest absolute Gasteiger partial charge is 0.357 e. The van der Waals surface area contributed by atoms with Gasteiger partial charge >= 0.3 is 0 Å². The van der Waals surface area contributed by atoms with Crippen molar-refractivity contribution in [1.29, 1.82) is 0 Å². The van der Waals surface area contributed by atoms with Crippen molar-refractivity contribution in [3.05, 3.63) is 41.9 Å². The maximum absolute atomic E-state index is 12.8. The molecule has 2 aliphatic rings. The molecule has 23 heavy (non-hydrogen) atoms. The fourth-order valence-electron chi connectivity index (χ4n) is 3.55. The molecule has 1 atom stereocenters. The molecule has 4 heterocycles. The molecule has 0 unspecified atom stereocenters. The van der Waals surface area contributed by atoms with Crippen LogP contribution in [0.5, 0.6) is 0 Å². The zero-order chi connectivity index (χ0) is 15.6. The minimum absolute atomic E-state index is 0.106. The number of nitrogens with one attached hydrogen (secondary N) is 1. The average Bonchev–Trinajstić information content (AvgIpc) is 3.36. The lowest BCUT2D eigenvalue weighted by atomic mass is 10.1. The zero-order valence-corrected chi connectivity index (χ0v) is 13.1. The number of nitrogens with zero attached hydrogens (tertiary/aromatic N) is 4. The van der Waals surface area contributed by atoms with Crippen LogP contribution in [0.3, 0.4) is 0 Å². The summed E-state index contributed by atoms with van der Waals surface area (Å²) in [5, 5.41) is 7.03. The Labute approximate surface area is 135 Å². The van der Waals surface area contributed by atoms with Crippen LogP contribution in [0, 0.1) is 0 Å². The number of aromatic nitrogens is 3. The van der Waals surface area contributed by atoms with Crippen molar-refractivity contribution in [1.82, 2.24) is 20.1 Å². The SMILES string of the molecule is O=C(c1ccnc(N2CCCC2)c1)N1CC[C@@H](c2ccn[nH]2)C1. The average molecular weight is 311 g/mol. The molecule has 0 saturated carbocycles. The Morgan fingerprint density at radius 2 is 2.04 bits per heavy atom. The van der Waals surface area contributed by atoms with Crippen LogP contribution in [-0.2, 0) is 0 Å². The number of carbonyl (C=O) groups is 1. The van der Waals surface area contributed by atoms with Gasteiger partial charge in [0.1, 0.15) is 5.82 Å². The maximum atomic E-state index is 12.8. The molecule has 2 aliphatic heterocycles. The summed E-state index contributed by atoms with van der Waals surface area (Å²) in [4.78, 5) is 21.4. The molecule has 120 valence electrons. The van der Waals surface area contributed by atoms with Gasteiger partial charge in [-0.1, -0.05) is 0 Å². The molecule has 0 aromatic carbocycles. The van der Waals surface area contributed by atoms with Crippen LogP contribution in [0.4, 0.5) is 5.82 Å². The number of amides is 1. The van der Waals surface area contributed by atoms with Crippen molar-refractivity contribution < 1.29 is 4.79 Å². The van der Waals surface area contributed by atoms with Crippen molar-refractivity contribution >= 4 is 11.7 Å². The van der Waals surface area contributed by atoms with E-state index in [0.717, 1.165) is 49.7 Å². The number of hydrogen-bond acceptors (Lipinski definition) is 4. The Bertz CT molecular complexity index is 678. The fraction of sp³-hybridized carbons (Fsp3) is 0.471. The van der Waals surface area contributed by atoms with Crippen molar-refractivity contribution in [3.8, 4) is 0 Å². The van der Waals surface area contributed by atoms with Crippen molar-refractivity contribution in [2.24, 2.45) is 0 Å². The lowest BCUT2D eigenvalue weighted by molar-refractivity contribution is 0.0790. The smallest absolute Gasteiger partial charge is 0.254 e. The van der Waals surface area contributed by atoms with E-state index in [-0.39, 0.29) is 5.91 Å². The highest BCUT2D eigenvalue weighted by Gasteiger charge is 2.29. The Balaban J connectivity index is 1.48. The number of carbonyl (C=O) groups excluding carboxylic acids is 1. The predicted molar refractivity (Wildman–Crippen MR) is 87.5 cm³/mol. The van der Waals surface area contributed by atoms with Crippen molar-refractivity contribution in [2.45, 2.75) is 25.2 Å². The second-order valence-corrected chi connectivity index (χ2v) is 6.35. The van der Waals surface area contributed by atoms with E-state index >= 15 is 0 Å². The molecular weight excluding hydrogens is 290 g/mol. The van der Waals surface area contributed by atoms with Crippen LogP contribution < -0.4 is 4.90 Å². The van der Waals surface area contributed by atoms with Gasteiger partial charge in [-0.25, -0.2) is 4.98 Å². The summed E-state index contributed by atoms with van der Waals surface area (Å²) < 4.78 is 0. The number of likely N-dealkylation sites (tertiary alicyclic amines) is 1. The molecule has 2 aromatic rings. The molecule has 0 spiro atoms. The molecule has 0 radical (unpaired) electrons. The number of anilines is 1. The summed E-state index contributed by atoms with van der Waals surface area (Å²) >= 11 is 0. The van der Waals surface area contributed by atoms with Crippen molar-refractivity contribution in [3.63, 3.8) is 0 Å². The van der Waals surface area contributed by atoms with Gasteiger partial charge in [0, 0.05) is 55.7 Å². The molecule has 2 aromatic heterocycles. The third-order valence-electron chi connectivity index (χ3n) is 4.86. The summed E-state index contributed by atoms with van der Waals surface area (Å²) in [7, 11) is 0. The van der Waals surface area contributed by atoms with Gasteiger partial charge in [0.2, 0.25) is 0 Å². The first kappa shape index (κ1) is 14.2. The molecule has 1 N–H and O–H groups in total. The van der Waals surface area contributed by atoms with Crippen LogP contribution in [0.25, 0.3) is 0 Å². The summed E-state index contributed by atoms with van der Waals surface area (Å²) in [6, 6.07) is 5.76. The molecule has 1 amide bonds. The number of hydrogen-bond donors (Lipinski definition) is 1. The van der Waals surface area contributed by atoms with E-state index in [1.54, 1.807) is 12.4 Å². The highest BCUT2D eigenvalue weighted by atomic mass is 16.2. The van der Waals surface area contributed by atoms with Gasteiger partial charge in [-0.2, -0.15) is 5.10 Å². The number of H-pyrrole nitrogens is 1. The minimum atomic E-state index is 0.106. The normalized spacial score (nSPS) is 21.1. The highest BCUT2D eigenvalue weighted by molar-refractivity contribution is 5.95. The molecule has 2 saturated heterocycles. The highest BCUT2D eigenvalue weighted by Crippen LogP contribution is 2.27. The summed E-state index contributed by atoms with van der Waals surface area (Å²) in [6.45, 7) is 3.62. The molecule has 0 aliphatic carbocycles. The maximum Gasteiger partial charge on any atom is 0.254 e. The second-order valence-electron chi connectivity index (χ2n) is 6.35. The van der Waals surface area contributed by atoms with Crippen LogP contribution in [0.2, 0.25) is 0 Å². The Morgan fingerprint density at radius 1 is 1.17 bits per heavy atom. The van der Waals surface area contributed by atoms with E-state index in [0.29, 0.717) is 5.92 Å². The predicted octanol–water partition coefficient (Wildman–Crippen LogP) is 2.03. The molecule has 6 nitrogen and oxygen atoms in total. The molecule has 2 fully saturated rings. The van der Waals surface area contributed by atoms with Gasteiger partial charge in [0.15, 0.2) is 0 Å². The number of rotatable bonds is 3. The Hall–Kier alpha value is -2.37. The van der Waals surface area contributed by atoms with Gasteiger partial charge in [-0.15, -0.1) is 0 Å². The van der Waals surface area contributed by atoms with Crippen LogP contribution in [0.1, 0.15) is 41.2 Å². The van der Waals surface area contributed by atoms with E-state index < -0.39 is 0 Å². The Kier molecular flexibility index (Phi) is 3.73. The van der Waals surface area contributed by atoms with Gasteiger partial charge in [-0.05, 0) is 37.5 Å². The van der Waals surface area contributed by atoms with E-state index in [9.17, 15) is 4.79 Å². The van der Waals surface area contributed by atoms with Gasteiger partial charge < -0.3 is 9.80 Å². The molecular formula is C17H21N5O. The Morgan fingerprint density at radius 3 is 2.83 bits per heavy atom. The number of pyridine rings is 1.